The normalized spacial score (nSPS) is 17.8. The lowest BCUT2D eigenvalue weighted by atomic mass is 10.1. The van der Waals surface area contributed by atoms with Gasteiger partial charge in [-0.15, -0.1) is 13.2 Å². The van der Waals surface area contributed by atoms with Crippen molar-refractivity contribution in [3.05, 3.63) is 65.5 Å². The van der Waals surface area contributed by atoms with E-state index in [1.54, 1.807) is 17.0 Å². The van der Waals surface area contributed by atoms with Gasteiger partial charge in [0.05, 0.1) is 13.2 Å². The molecule has 1 heterocycles. The van der Waals surface area contributed by atoms with E-state index in [1.807, 2.05) is 0 Å². The predicted molar refractivity (Wildman–Crippen MR) is 84.1 cm³/mol. The molecule has 1 fully saturated rings. The zero-order valence-electron chi connectivity index (χ0n) is 13.5. The second-order valence-electron chi connectivity index (χ2n) is 5.73. The Morgan fingerprint density at radius 3 is 2.35 bits per heavy atom. The van der Waals surface area contributed by atoms with Crippen LogP contribution in [0.15, 0.2) is 48.5 Å². The molecular formula is C18H15F4NO3. The fourth-order valence-electron chi connectivity index (χ4n) is 2.69. The molecule has 1 aliphatic heterocycles. The van der Waals surface area contributed by atoms with Crippen LogP contribution in [0.25, 0.3) is 0 Å². The first-order chi connectivity index (χ1) is 12.3. The van der Waals surface area contributed by atoms with Crippen LogP contribution in [-0.2, 0) is 4.74 Å². The third-order valence-electron chi connectivity index (χ3n) is 3.93. The molecule has 0 aromatic heterocycles. The molecule has 0 aliphatic carbocycles. The van der Waals surface area contributed by atoms with E-state index in [0.29, 0.717) is 13.2 Å². The van der Waals surface area contributed by atoms with E-state index in [9.17, 15) is 22.4 Å². The minimum absolute atomic E-state index is 0.249. The first-order valence-electron chi connectivity index (χ1n) is 7.84. The average molecular weight is 369 g/mol. The van der Waals surface area contributed by atoms with Crippen molar-refractivity contribution in [3.8, 4) is 5.75 Å². The van der Waals surface area contributed by atoms with Gasteiger partial charge in [0.2, 0.25) is 0 Å². The number of carbonyl (C=O) groups excluding carboxylic acids is 1. The smallest absolute Gasteiger partial charge is 0.406 e. The molecule has 1 amide bonds. The number of alkyl halides is 3. The Bertz CT molecular complexity index is 760. The number of amides is 1. The molecule has 0 saturated carbocycles. The number of hydrogen-bond donors (Lipinski definition) is 0. The second kappa shape index (κ2) is 7.33. The van der Waals surface area contributed by atoms with E-state index in [4.69, 9.17) is 4.74 Å². The van der Waals surface area contributed by atoms with E-state index < -0.39 is 6.36 Å². The number of nitrogens with zero attached hydrogens (tertiary/aromatic N) is 1. The van der Waals surface area contributed by atoms with Gasteiger partial charge in [-0.2, -0.15) is 0 Å². The van der Waals surface area contributed by atoms with Gasteiger partial charge in [-0.25, -0.2) is 4.39 Å². The van der Waals surface area contributed by atoms with Crippen molar-refractivity contribution in [2.75, 3.05) is 19.7 Å². The van der Waals surface area contributed by atoms with Crippen LogP contribution in [0, 0.1) is 5.82 Å². The molecule has 2 aromatic carbocycles. The third-order valence-corrected chi connectivity index (χ3v) is 3.93. The van der Waals surface area contributed by atoms with Crippen LogP contribution >= 0.6 is 0 Å². The SMILES string of the molecule is O=C(c1ccc(OC(F)(F)F)cc1)N1CCOC(c2ccc(F)cc2)C1. The number of ether oxygens (including phenoxy) is 2. The highest BCUT2D eigenvalue weighted by Gasteiger charge is 2.31. The number of carbonyl (C=O) groups is 1. The van der Waals surface area contributed by atoms with Gasteiger partial charge >= 0.3 is 6.36 Å². The molecule has 26 heavy (non-hydrogen) atoms. The van der Waals surface area contributed by atoms with Crippen LogP contribution in [0.1, 0.15) is 22.0 Å². The maximum Gasteiger partial charge on any atom is 0.573 e. The molecular weight excluding hydrogens is 354 g/mol. The van der Waals surface area contributed by atoms with Gasteiger partial charge < -0.3 is 14.4 Å². The molecule has 1 unspecified atom stereocenters. The zero-order chi connectivity index (χ0) is 18.7. The molecule has 0 radical (unpaired) electrons. The molecule has 3 rings (SSSR count). The van der Waals surface area contributed by atoms with Crippen molar-refractivity contribution >= 4 is 5.91 Å². The third kappa shape index (κ3) is 4.51. The van der Waals surface area contributed by atoms with Gasteiger partial charge in [-0.05, 0) is 42.0 Å². The number of halogens is 4. The fraction of sp³-hybridized carbons (Fsp3) is 0.278. The Kier molecular flexibility index (Phi) is 5.13. The standard InChI is InChI=1S/C18H15F4NO3/c19-14-5-1-12(2-6-14)16-11-23(9-10-25-16)17(24)13-3-7-15(8-4-13)26-18(20,21)22/h1-8,16H,9-11H2. The quantitative estimate of drug-likeness (QED) is 0.770. The Hall–Kier alpha value is -2.61. The van der Waals surface area contributed by atoms with Crippen molar-refractivity contribution in [1.82, 2.24) is 4.90 Å². The molecule has 1 atom stereocenters. The summed E-state index contributed by atoms with van der Waals surface area (Å²) in [5, 5.41) is 0. The van der Waals surface area contributed by atoms with E-state index >= 15 is 0 Å². The van der Waals surface area contributed by atoms with Gasteiger partial charge in [-0.3, -0.25) is 4.79 Å². The van der Waals surface area contributed by atoms with Crippen LogP contribution < -0.4 is 4.74 Å². The summed E-state index contributed by atoms with van der Waals surface area (Å²) in [5.74, 6) is -1.07. The van der Waals surface area contributed by atoms with Crippen molar-refractivity contribution in [3.63, 3.8) is 0 Å². The maximum atomic E-state index is 13.0. The Morgan fingerprint density at radius 1 is 1.08 bits per heavy atom. The van der Waals surface area contributed by atoms with Crippen LogP contribution in [0.5, 0.6) is 5.75 Å². The molecule has 1 aliphatic rings. The van der Waals surface area contributed by atoms with Gasteiger partial charge in [0.25, 0.3) is 5.91 Å². The van der Waals surface area contributed by atoms with Crippen molar-refractivity contribution in [2.45, 2.75) is 12.5 Å². The van der Waals surface area contributed by atoms with E-state index in [-0.39, 0.29) is 35.7 Å². The number of benzene rings is 2. The molecule has 0 N–H and O–H groups in total. The molecule has 0 bridgehead atoms. The highest BCUT2D eigenvalue weighted by molar-refractivity contribution is 5.94. The average Bonchev–Trinajstić information content (AvgIpc) is 2.61. The van der Waals surface area contributed by atoms with Crippen LogP contribution in [0.3, 0.4) is 0 Å². The molecule has 138 valence electrons. The monoisotopic (exact) mass is 369 g/mol. The fourth-order valence-corrected chi connectivity index (χ4v) is 2.69. The summed E-state index contributed by atoms with van der Waals surface area (Å²) in [6.45, 7) is 0.936. The number of morpholine rings is 1. The van der Waals surface area contributed by atoms with E-state index in [1.165, 1.54) is 24.3 Å². The van der Waals surface area contributed by atoms with Crippen LogP contribution in [0.4, 0.5) is 17.6 Å². The maximum absolute atomic E-state index is 13.0. The Labute approximate surface area is 146 Å². The predicted octanol–water partition coefficient (Wildman–Crippen LogP) is 3.94. The summed E-state index contributed by atoms with van der Waals surface area (Å²) in [6.07, 6.45) is -5.17. The molecule has 0 spiro atoms. The molecule has 2 aromatic rings. The Morgan fingerprint density at radius 2 is 1.73 bits per heavy atom. The number of rotatable bonds is 3. The summed E-state index contributed by atoms with van der Waals surface area (Å²) in [7, 11) is 0. The first kappa shape index (κ1) is 18.2. The topological polar surface area (TPSA) is 38.8 Å². The molecule has 4 nitrogen and oxygen atoms in total. The van der Waals surface area contributed by atoms with Crippen LogP contribution in [0.2, 0.25) is 0 Å². The lowest BCUT2D eigenvalue weighted by molar-refractivity contribution is -0.274. The largest absolute Gasteiger partial charge is 0.573 e. The molecule has 8 heteroatoms. The zero-order valence-corrected chi connectivity index (χ0v) is 13.5. The van der Waals surface area contributed by atoms with E-state index in [0.717, 1.165) is 17.7 Å². The van der Waals surface area contributed by atoms with Gasteiger partial charge in [-0.1, -0.05) is 12.1 Å². The van der Waals surface area contributed by atoms with Gasteiger partial charge in [0.15, 0.2) is 0 Å². The minimum atomic E-state index is -4.78. The number of hydrogen-bond acceptors (Lipinski definition) is 3. The van der Waals surface area contributed by atoms with Crippen molar-refractivity contribution in [1.29, 1.82) is 0 Å². The lowest BCUT2D eigenvalue weighted by Crippen LogP contribution is -2.42. The summed E-state index contributed by atoms with van der Waals surface area (Å²) < 4.78 is 59.0. The van der Waals surface area contributed by atoms with Gasteiger partial charge in [0, 0.05) is 12.1 Å². The van der Waals surface area contributed by atoms with Gasteiger partial charge in [0.1, 0.15) is 17.7 Å². The summed E-state index contributed by atoms with van der Waals surface area (Å²) in [5.41, 5.74) is 0.997. The highest BCUT2D eigenvalue weighted by Crippen LogP contribution is 2.25. The Balaban J connectivity index is 1.68. The highest BCUT2D eigenvalue weighted by atomic mass is 19.4. The summed E-state index contributed by atoms with van der Waals surface area (Å²) in [4.78, 5) is 14.1. The summed E-state index contributed by atoms with van der Waals surface area (Å²) in [6, 6.07) is 10.6. The van der Waals surface area contributed by atoms with Crippen molar-refractivity contribution < 1.29 is 31.8 Å². The minimum Gasteiger partial charge on any atom is -0.406 e. The second-order valence-corrected chi connectivity index (χ2v) is 5.73. The first-order valence-corrected chi connectivity index (χ1v) is 7.84. The van der Waals surface area contributed by atoms with Crippen LogP contribution in [-0.4, -0.2) is 36.9 Å². The lowest BCUT2D eigenvalue weighted by Gasteiger charge is -2.33. The van der Waals surface area contributed by atoms with E-state index in [2.05, 4.69) is 4.74 Å². The van der Waals surface area contributed by atoms with Crippen molar-refractivity contribution in [2.24, 2.45) is 0 Å². The molecule has 1 saturated heterocycles. The summed E-state index contributed by atoms with van der Waals surface area (Å²) >= 11 is 0.